The molecule has 2 radical (unpaired) electrons. The van der Waals surface area contributed by atoms with E-state index in [4.69, 9.17) is 11.7 Å². The summed E-state index contributed by atoms with van der Waals surface area (Å²) >= 11 is 3.39. The van der Waals surface area contributed by atoms with Gasteiger partial charge in [0.2, 0.25) is 0 Å². The molecule has 0 aliphatic heterocycles. The van der Waals surface area contributed by atoms with Gasteiger partial charge >= 0.3 is 6.09 Å². The third kappa shape index (κ3) is 4.01. The zero-order valence-corrected chi connectivity index (χ0v) is 16.3. The molecule has 0 saturated carbocycles. The predicted octanol–water partition coefficient (Wildman–Crippen LogP) is 3.89. The van der Waals surface area contributed by atoms with Crippen molar-refractivity contribution in [2.45, 2.75) is 32.9 Å². The Kier molecular flexibility index (Phi) is 4.95. The molecule has 3 heterocycles. The van der Waals surface area contributed by atoms with Crippen LogP contribution in [0.4, 0.5) is 10.6 Å². The van der Waals surface area contributed by atoms with Crippen LogP contribution in [0.5, 0.6) is 0 Å². The maximum Gasteiger partial charge on any atom is 0.416 e. The minimum atomic E-state index is -0.646. The molecule has 7 nitrogen and oxygen atoms in total. The lowest BCUT2D eigenvalue weighted by molar-refractivity contribution is 0.0575. The quantitative estimate of drug-likeness (QED) is 0.648. The highest BCUT2D eigenvalue weighted by atomic mass is 79.9. The van der Waals surface area contributed by atoms with Crippen molar-refractivity contribution >= 4 is 33.5 Å². The summed E-state index contributed by atoms with van der Waals surface area (Å²) < 4.78 is 7.79. The van der Waals surface area contributed by atoms with Gasteiger partial charge in [-0.3, -0.25) is 9.88 Å². The molecular weight excluding hydrogens is 398 g/mol. The van der Waals surface area contributed by atoms with E-state index in [1.165, 1.54) is 4.90 Å². The van der Waals surface area contributed by atoms with Gasteiger partial charge in [-0.1, -0.05) is 6.07 Å². The summed E-state index contributed by atoms with van der Waals surface area (Å²) in [6.07, 6.45) is 4.45. The molecule has 0 aromatic carbocycles. The fourth-order valence-electron chi connectivity index (χ4n) is 2.36. The molecule has 0 aliphatic carbocycles. The lowest BCUT2D eigenvalue weighted by Gasteiger charge is -2.27. The molecule has 3 aromatic rings. The van der Waals surface area contributed by atoms with E-state index in [1.54, 1.807) is 29.2 Å². The first kappa shape index (κ1) is 18.3. The van der Waals surface area contributed by atoms with E-state index in [0.717, 1.165) is 5.56 Å². The number of fused-ring (bicyclic) bond motifs is 1. The number of anilines is 1. The van der Waals surface area contributed by atoms with Crippen LogP contribution in [0.25, 0.3) is 5.65 Å². The number of rotatable bonds is 3. The number of aromatic nitrogens is 4. The molecule has 0 unspecified atom stereocenters. The zero-order valence-electron chi connectivity index (χ0n) is 14.7. The van der Waals surface area contributed by atoms with Crippen LogP contribution in [0.2, 0.25) is 0 Å². The predicted molar refractivity (Wildman–Crippen MR) is 101 cm³/mol. The highest BCUT2D eigenvalue weighted by Gasteiger charge is 2.26. The number of nitrogens with zero attached hydrogens (tertiary/aromatic N) is 5. The van der Waals surface area contributed by atoms with Gasteiger partial charge in [-0.2, -0.15) is 9.61 Å². The summed E-state index contributed by atoms with van der Waals surface area (Å²) in [7, 11) is 0. The van der Waals surface area contributed by atoms with Gasteiger partial charge in [-0.05, 0) is 48.3 Å². The van der Waals surface area contributed by atoms with E-state index < -0.39 is 11.7 Å². The van der Waals surface area contributed by atoms with Crippen LogP contribution in [-0.2, 0) is 11.3 Å². The first-order chi connectivity index (χ1) is 12.2. The second-order valence-corrected chi connectivity index (χ2v) is 7.55. The molecule has 0 saturated heterocycles. The summed E-state index contributed by atoms with van der Waals surface area (Å²) in [6, 6.07) is 5.28. The first-order valence-electron chi connectivity index (χ1n) is 7.94. The zero-order chi connectivity index (χ0) is 18.9. The minimum Gasteiger partial charge on any atom is -0.443 e. The molecule has 134 valence electrons. The number of amides is 1. The average Bonchev–Trinajstić information content (AvgIpc) is 2.92. The number of hydrogen-bond donors (Lipinski definition) is 0. The van der Waals surface area contributed by atoms with Gasteiger partial charge < -0.3 is 4.74 Å². The van der Waals surface area contributed by atoms with E-state index in [-0.39, 0.29) is 12.2 Å². The molecule has 0 aliphatic rings. The van der Waals surface area contributed by atoms with Crippen LogP contribution in [0.1, 0.15) is 32.0 Å². The van der Waals surface area contributed by atoms with Crippen molar-refractivity contribution in [3.63, 3.8) is 0 Å². The number of carbonyl (C=O) groups is 1. The highest BCUT2D eigenvalue weighted by Crippen LogP contribution is 2.25. The number of hydrogen-bond acceptors (Lipinski definition) is 5. The van der Waals surface area contributed by atoms with Gasteiger partial charge in [0, 0.05) is 25.4 Å². The molecule has 0 bridgehead atoms. The van der Waals surface area contributed by atoms with E-state index in [9.17, 15) is 4.79 Å². The van der Waals surface area contributed by atoms with Gasteiger partial charge in [-0.15, -0.1) is 0 Å². The molecule has 0 fully saturated rings. The third-order valence-electron chi connectivity index (χ3n) is 3.38. The second kappa shape index (κ2) is 7.03. The lowest BCUT2D eigenvalue weighted by Crippen LogP contribution is -2.37. The fraction of sp³-hybridized carbons (Fsp3) is 0.278. The maximum absolute atomic E-state index is 12.9. The topological polar surface area (TPSA) is 72.6 Å². The number of ether oxygens (including phenoxy) is 1. The van der Waals surface area contributed by atoms with Crippen molar-refractivity contribution in [2.75, 3.05) is 4.90 Å². The van der Waals surface area contributed by atoms with Crippen LogP contribution in [0, 0.1) is 6.92 Å². The van der Waals surface area contributed by atoms with Crippen LogP contribution >= 0.6 is 15.9 Å². The molecule has 26 heavy (non-hydrogen) atoms. The van der Waals surface area contributed by atoms with E-state index >= 15 is 0 Å². The largest absolute Gasteiger partial charge is 0.443 e. The van der Waals surface area contributed by atoms with Crippen molar-refractivity contribution in [1.82, 2.24) is 19.6 Å². The van der Waals surface area contributed by atoms with Gasteiger partial charge in [0.25, 0.3) is 0 Å². The summed E-state index contributed by atoms with van der Waals surface area (Å²) in [5, 5.41) is 4.29. The van der Waals surface area contributed by atoms with E-state index in [0.29, 0.717) is 15.9 Å². The van der Waals surface area contributed by atoms with Gasteiger partial charge in [0.1, 0.15) is 11.4 Å². The Morgan fingerprint density at radius 1 is 1.38 bits per heavy atom. The molecule has 8 heteroatoms. The normalized spacial score (nSPS) is 11.6. The molecule has 0 atom stereocenters. The Morgan fingerprint density at radius 3 is 2.81 bits per heavy atom. The van der Waals surface area contributed by atoms with Gasteiger partial charge in [0.15, 0.2) is 5.65 Å². The van der Waals surface area contributed by atoms with Gasteiger partial charge in [-0.25, -0.2) is 9.78 Å². The van der Waals surface area contributed by atoms with Crippen LogP contribution in [0.3, 0.4) is 0 Å². The van der Waals surface area contributed by atoms with Crippen molar-refractivity contribution < 1.29 is 9.53 Å². The first-order valence-corrected chi connectivity index (χ1v) is 8.73. The van der Waals surface area contributed by atoms with Crippen molar-refractivity contribution in [1.29, 1.82) is 0 Å². The van der Waals surface area contributed by atoms with Gasteiger partial charge in [0.05, 0.1) is 22.9 Å². The Labute approximate surface area is 160 Å². The minimum absolute atomic E-state index is 0.249. The second-order valence-electron chi connectivity index (χ2n) is 6.69. The Balaban J connectivity index is 2.10. The van der Waals surface area contributed by atoms with Crippen molar-refractivity contribution in [3.8, 4) is 0 Å². The third-order valence-corrected chi connectivity index (χ3v) is 3.94. The Hall–Kier alpha value is -2.48. The highest BCUT2D eigenvalue weighted by molar-refractivity contribution is 9.10. The van der Waals surface area contributed by atoms with E-state index in [1.807, 2.05) is 32.9 Å². The summed E-state index contributed by atoms with van der Waals surface area (Å²) in [6.45, 7) is 11.6. The van der Waals surface area contributed by atoms with Crippen LogP contribution in [0.15, 0.2) is 41.3 Å². The Bertz CT molecular complexity index is 934. The number of carbonyl (C=O) groups excluding carboxylic acids is 1. The monoisotopic (exact) mass is 415 g/mol. The molecule has 3 aromatic heterocycles. The fourth-order valence-corrected chi connectivity index (χ4v) is 2.71. The van der Waals surface area contributed by atoms with Crippen molar-refractivity contribution in [2.24, 2.45) is 0 Å². The number of halogens is 1. The van der Waals surface area contributed by atoms with Crippen LogP contribution in [-0.4, -0.2) is 31.3 Å². The summed E-state index contributed by atoms with van der Waals surface area (Å²) in [5.74, 6) is 0.455. The number of pyridine rings is 1. The SMILES string of the molecule is [CH]c1cc(N(Cc2cccnc2)C(=O)OC(C)(C)C)n2ncc(Br)c2n1. The van der Waals surface area contributed by atoms with Crippen molar-refractivity contribution in [3.05, 3.63) is 59.4 Å². The molecule has 0 spiro atoms. The molecular formula is C18H18BrN5O2. The maximum atomic E-state index is 12.9. The summed E-state index contributed by atoms with van der Waals surface area (Å²) in [4.78, 5) is 22.7. The van der Waals surface area contributed by atoms with E-state index in [2.05, 4.69) is 31.0 Å². The summed E-state index contributed by atoms with van der Waals surface area (Å²) in [5.41, 5.74) is 0.980. The molecule has 0 N–H and O–H groups in total. The standard InChI is InChI=1S/C18H18BrN5O2/c1-12-8-15(24-16(22-12)14(19)10-21-24)23(17(25)26-18(2,3)4)11-13-6-5-7-20-9-13/h1,5-10H,11H2,2-4H3. The molecule has 3 rings (SSSR count). The smallest absolute Gasteiger partial charge is 0.416 e. The average molecular weight is 416 g/mol. The van der Waals surface area contributed by atoms with Crippen LogP contribution < -0.4 is 4.90 Å². The molecule has 1 amide bonds. The Morgan fingerprint density at radius 2 is 2.15 bits per heavy atom. The lowest BCUT2D eigenvalue weighted by atomic mass is 10.2.